The molecule has 2 aliphatic heterocycles. The molecule has 0 radical (unpaired) electrons. The Bertz CT molecular complexity index is 890. The van der Waals surface area contributed by atoms with Crippen LogP contribution in [0.25, 0.3) is 0 Å². The Balaban J connectivity index is 1.20. The van der Waals surface area contributed by atoms with Crippen LogP contribution in [0.1, 0.15) is 83.3 Å². The second-order valence-electron chi connectivity index (χ2n) is 11.6. The van der Waals surface area contributed by atoms with E-state index in [9.17, 15) is 0 Å². The van der Waals surface area contributed by atoms with Crippen LogP contribution in [0.5, 0.6) is 0 Å². The van der Waals surface area contributed by atoms with Crippen LogP contribution in [0.3, 0.4) is 0 Å². The minimum Gasteiger partial charge on any atom is -0.352 e. The van der Waals surface area contributed by atoms with Crippen molar-refractivity contribution < 1.29 is 13.3 Å². The highest BCUT2D eigenvalue weighted by atomic mass is 32.1. The molecular formula is C25H40F2N6OS. The molecule has 2 unspecified atom stereocenters. The van der Waals surface area contributed by atoms with Crippen molar-refractivity contribution in [1.29, 1.82) is 0 Å². The molecule has 1 aromatic rings. The molecule has 0 aromatic carbocycles. The summed E-state index contributed by atoms with van der Waals surface area (Å²) in [5, 5.41) is 7.88. The number of aromatic nitrogens is 2. The van der Waals surface area contributed by atoms with Crippen LogP contribution >= 0.6 is 12.2 Å². The van der Waals surface area contributed by atoms with Gasteiger partial charge in [-0.3, -0.25) is 9.80 Å². The Morgan fingerprint density at radius 3 is 2.37 bits per heavy atom. The quantitative estimate of drug-likeness (QED) is 0.601. The van der Waals surface area contributed by atoms with Gasteiger partial charge in [-0.15, -0.1) is 0 Å². The first-order valence-electron chi connectivity index (χ1n) is 13.4. The molecule has 1 aromatic heterocycles. The average molecular weight is 511 g/mol. The maximum absolute atomic E-state index is 15.2. The van der Waals surface area contributed by atoms with E-state index in [1.807, 2.05) is 0 Å². The fourth-order valence-electron chi connectivity index (χ4n) is 5.96. The molecule has 0 amide bonds. The molecule has 0 bridgehead atoms. The number of likely N-dealkylation sites (tertiary alicyclic amines) is 1. The third-order valence-electron chi connectivity index (χ3n) is 8.74. The number of hydrogen-bond acceptors (Lipinski definition) is 6. The summed E-state index contributed by atoms with van der Waals surface area (Å²) in [5.74, 6) is -0.788. The van der Waals surface area contributed by atoms with Gasteiger partial charge in [-0.05, 0) is 64.6 Å². The van der Waals surface area contributed by atoms with Gasteiger partial charge in [-0.25, -0.2) is 8.78 Å². The van der Waals surface area contributed by atoms with Gasteiger partial charge >= 0.3 is 0 Å². The van der Waals surface area contributed by atoms with Crippen molar-refractivity contribution >= 4 is 17.3 Å². The summed E-state index contributed by atoms with van der Waals surface area (Å²) in [6, 6.07) is -0.647. The predicted molar refractivity (Wildman–Crippen MR) is 135 cm³/mol. The number of halogens is 2. The standard InChI is InChI=1S/C25H40F2N6OS/c1-17(2)31-13-15-32(16-14-31)19-5-4-8-25(26,27)20(19)28-23(35)33-11-9-24(3,10-12-33)22-29-21(34-30-22)18-6-7-18/h17-20H,4-16H2,1-3H3,(H,28,35). The number of hydrogen-bond donors (Lipinski definition) is 1. The van der Waals surface area contributed by atoms with Gasteiger partial charge in [0, 0.05) is 69.1 Å². The number of piperidine rings is 1. The van der Waals surface area contributed by atoms with Crippen LogP contribution in [-0.4, -0.2) is 93.3 Å². The normalized spacial score (nSPS) is 29.9. The van der Waals surface area contributed by atoms with Crippen molar-refractivity contribution in [3.8, 4) is 0 Å². The highest BCUT2D eigenvalue weighted by molar-refractivity contribution is 7.80. The summed E-state index contributed by atoms with van der Waals surface area (Å²) in [5.41, 5.74) is -0.170. The molecule has 0 spiro atoms. The minimum absolute atomic E-state index is 0.0744. The molecule has 2 saturated carbocycles. The van der Waals surface area contributed by atoms with E-state index in [1.54, 1.807) is 0 Å². The largest absolute Gasteiger partial charge is 0.352 e. The Labute approximate surface area is 213 Å². The van der Waals surface area contributed by atoms with Crippen molar-refractivity contribution in [1.82, 2.24) is 30.2 Å². The monoisotopic (exact) mass is 510 g/mol. The molecule has 7 nitrogen and oxygen atoms in total. The Morgan fingerprint density at radius 1 is 1.06 bits per heavy atom. The number of nitrogens with zero attached hydrogens (tertiary/aromatic N) is 5. The molecule has 5 rings (SSSR count). The third-order valence-corrected chi connectivity index (χ3v) is 9.12. The number of rotatable bonds is 5. The van der Waals surface area contributed by atoms with Crippen molar-refractivity contribution in [2.45, 2.75) is 101 Å². The fraction of sp³-hybridized carbons (Fsp3) is 0.880. The van der Waals surface area contributed by atoms with Gasteiger partial charge in [0.05, 0.1) is 0 Å². The van der Waals surface area contributed by atoms with Crippen molar-refractivity contribution in [3.05, 3.63) is 11.7 Å². The van der Waals surface area contributed by atoms with E-state index in [2.05, 4.69) is 50.9 Å². The Kier molecular flexibility index (Phi) is 7.09. The van der Waals surface area contributed by atoms with Crippen LogP contribution in [0.15, 0.2) is 4.52 Å². The summed E-state index contributed by atoms with van der Waals surface area (Å²) in [6.07, 6.45) is 5.17. The van der Waals surface area contributed by atoms with Gasteiger partial charge in [0.15, 0.2) is 10.9 Å². The highest BCUT2D eigenvalue weighted by Gasteiger charge is 2.50. The molecular weight excluding hydrogens is 470 g/mol. The smallest absolute Gasteiger partial charge is 0.269 e. The number of piperazine rings is 1. The highest BCUT2D eigenvalue weighted by Crippen LogP contribution is 2.41. The maximum atomic E-state index is 15.2. The summed E-state index contributed by atoms with van der Waals surface area (Å²) >= 11 is 5.71. The van der Waals surface area contributed by atoms with Crippen LogP contribution in [-0.2, 0) is 5.41 Å². The van der Waals surface area contributed by atoms with Crippen molar-refractivity contribution in [3.63, 3.8) is 0 Å². The van der Waals surface area contributed by atoms with E-state index >= 15 is 8.78 Å². The molecule has 4 aliphatic rings. The molecule has 196 valence electrons. The van der Waals surface area contributed by atoms with Gasteiger partial charge < -0.3 is 14.7 Å². The Hall–Kier alpha value is -1.39. The zero-order chi connectivity index (χ0) is 24.8. The van der Waals surface area contributed by atoms with Gasteiger partial charge in [0.1, 0.15) is 6.04 Å². The summed E-state index contributed by atoms with van der Waals surface area (Å²) < 4.78 is 35.9. The number of thiocarbonyl (C=S) groups is 1. The lowest BCUT2D eigenvalue weighted by atomic mass is 9.79. The van der Waals surface area contributed by atoms with Gasteiger partial charge in [-0.1, -0.05) is 12.1 Å². The lowest BCUT2D eigenvalue weighted by Gasteiger charge is -2.48. The number of alkyl halides is 2. The molecule has 3 heterocycles. The van der Waals surface area contributed by atoms with E-state index in [0.717, 1.165) is 70.0 Å². The number of nitrogens with one attached hydrogen (secondary N) is 1. The van der Waals surface area contributed by atoms with Crippen LogP contribution in [0.4, 0.5) is 8.78 Å². The van der Waals surface area contributed by atoms with E-state index in [0.29, 0.717) is 36.6 Å². The second kappa shape index (κ2) is 9.82. The van der Waals surface area contributed by atoms with Crippen molar-refractivity contribution in [2.24, 2.45) is 0 Å². The molecule has 1 N–H and O–H groups in total. The van der Waals surface area contributed by atoms with Gasteiger partial charge in [0.2, 0.25) is 5.89 Å². The zero-order valence-corrected chi connectivity index (χ0v) is 22.1. The zero-order valence-electron chi connectivity index (χ0n) is 21.3. The summed E-state index contributed by atoms with van der Waals surface area (Å²) in [6.45, 7) is 11.5. The second-order valence-corrected chi connectivity index (χ2v) is 12.0. The van der Waals surface area contributed by atoms with Gasteiger partial charge in [-0.2, -0.15) is 4.98 Å². The van der Waals surface area contributed by atoms with Crippen LogP contribution in [0.2, 0.25) is 0 Å². The minimum atomic E-state index is -2.77. The summed E-state index contributed by atoms with van der Waals surface area (Å²) in [4.78, 5) is 11.4. The topological polar surface area (TPSA) is 60.7 Å². The molecule has 2 aliphatic carbocycles. The predicted octanol–water partition coefficient (Wildman–Crippen LogP) is 3.76. The third kappa shape index (κ3) is 5.34. The van der Waals surface area contributed by atoms with E-state index in [4.69, 9.17) is 16.7 Å². The van der Waals surface area contributed by atoms with Crippen LogP contribution in [0, 0.1) is 0 Å². The molecule has 2 atom stereocenters. The van der Waals surface area contributed by atoms with Crippen molar-refractivity contribution in [2.75, 3.05) is 39.3 Å². The first kappa shape index (κ1) is 25.3. The molecule has 35 heavy (non-hydrogen) atoms. The van der Waals surface area contributed by atoms with E-state index < -0.39 is 12.0 Å². The Morgan fingerprint density at radius 2 is 1.74 bits per heavy atom. The summed E-state index contributed by atoms with van der Waals surface area (Å²) in [7, 11) is 0. The lowest BCUT2D eigenvalue weighted by molar-refractivity contribution is -0.0953. The molecule has 4 fully saturated rings. The molecule has 10 heteroatoms. The van der Waals surface area contributed by atoms with E-state index in [1.165, 1.54) is 0 Å². The first-order valence-corrected chi connectivity index (χ1v) is 13.8. The van der Waals surface area contributed by atoms with Gasteiger partial charge in [0.25, 0.3) is 5.92 Å². The lowest BCUT2D eigenvalue weighted by Crippen LogP contribution is -2.66. The fourth-order valence-corrected chi connectivity index (χ4v) is 6.27. The van der Waals surface area contributed by atoms with Crippen LogP contribution < -0.4 is 5.32 Å². The van der Waals surface area contributed by atoms with E-state index in [-0.39, 0.29) is 17.9 Å². The molecule has 2 saturated heterocycles. The first-order chi connectivity index (χ1) is 16.7. The maximum Gasteiger partial charge on any atom is 0.269 e. The SMILES string of the molecule is CC(C)N1CCN(C2CCCC(F)(F)C2NC(=S)N2CCC(C)(c3noc(C4CC4)n3)CC2)CC1. The average Bonchev–Trinajstić information content (AvgIpc) is 3.56.